The molecule has 138 valence electrons. The number of alkyl carbamates (subject to hydrolysis) is 1. The number of hydrogen-bond acceptors (Lipinski definition) is 5. The number of nitrogens with one attached hydrogen (secondary N) is 1. The molecule has 1 aliphatic rings. The van der Waals surface area contributed by atoms with Crippen molar-refractivity contribution in [2.24, 2.45) is 0 Å². The predicted molar refractivity (Wildman–Crippen MR) is 93.6 cm³/mol. The van der Waals surface area contributed by atoms with Gasteiger partial charge in [-0.2, -0.15) is 0 Å². The maximum Gasteiger partial charge on any atom is 0.408 e. The van der Waals surface area contributed by atoms with E-state index in [9.17, 15) is 19.8 Å². The van der Waals surface area contributed by atoms with Crippen molar-refractivity contribution in [2.75, 3.05) is 18.0 Å². The number of amides is 1. The molecule has 1 aliphatic heterocycles. The first kappa shape index (κ1) is 19.1. The monoisotopic (exact) mass is 350 g/mol. The van der Waals surface area contributed by atoms with E-state index in [1.54, 1.807) is 32.9 Å². The average Bonchev–Trinajstić information content (AvgIpc) is 2.52. The third-order valence-corrected chi connectivity index (χ3v) is 3.96. The molecule has 1 unspecified atom stereocenters. The minimum atomic E-state index is -1.17. The number of carboxylic acid groups (broad SMARTS) is 1. The molecule has 3 N–H and O–H groups in total. The topological polar surface area (TPSA) is 99.1 Å². The number of carbonyl (C=O) groups is 2. The number of aliphatic hydroxyl groups is 1. The fourth-order valence-corrected chi connectivity index (χ4v) is 2.71. The number of benzene rings is 1. The molecule has 1 fully saturated rings. The smallest absolute Gasteiger partial charge is 0.408 e. The number of piperidine rings is 1. The number of rotatable bonds is 4. The Hall–Kier alpha value is -2.28. The van der Waals surface area contributed by atoms with Gasteiger partial charge in [0.1, 0.15) is 5.60 Å². The molecule has 0 aliphatic carbocycles. The summed E-state index contributed by atoms with van der Waals surface area (Å²) in [5.41, 5.74) is 0.742. The highest BCUT2D eigenvalue weighted by molar-refractivity contribution is 5.81. The maximum absolute atomic E-state index is 11.9. The summed E-state index contributed by atoms with van der Waals surface area (Å²) in [5.74, 6) is -1.15. The Kier molecular flexibility index (Phi) is 5.89. The van der Waals surface area contributed by atoms with Crippen molar-refractivity contribution < 1.29 is 24.5 Å². The van der Waals surface area contributed by atoms with Crippen LogP contribution in [0.25, 0.3) is 0 Å². The molecule has 25 heavy (non-hydrogen) atoms. The summed E-state index contributed by atoms with van der Waals surface area (Å²) in [6, 6.07) is 5.87. The quantitative estimate of drug-likeness (QED) is 0.771. The van der Waals surface area contributed by atoms with Gasteiger partial charge in [0.15, 0.2) is 6.04 Å². The van der Waals surface area contributed by atoms with E-state index >= 15 is 0 Å². The largest absolute Gasteiger partial charge is 0.479 e. The summed E-state index contributed by atoms with van der Waals surface area (Å²) in [7, 11) is 0. The van der Waals surface area contributed by atoms with Crippen LogP contribution >= 0.6 is 0 Å². The molecule has 0 radical (unpaired) electrons. The number of nitrogens with zero attached hydrogens (tertiary/aromatic N) is 1. The van der Waals surface area contributed by atoms with Crippen LogP contribution in [-0.4, -0.2) is 47.1 Å². The summed E-state index contributed by atoms with van der Waals surface area (Å²) in [5, 5.41) is 21.4. The zero-order chi connectivity index (χ0) is 18.6. The van der Waals surface area contributed by atoms with E-state index in [2.05, 4.69) is 10.2 Å². The van der Waals surface area contributed by atoms with Crippen LogP contribution in [0.1, 0.15) is 45.2 Å². The second kappa shape index (κ2) is 7.74. The highest BCUT2D eigenvalue weighted by atomic mass is 16.6. The van der Waals surface area contributed by atoms with E-state index in [-0.39, 0.29) is 6.10 Å². The molecular formula is C18H26N2O5. The van der Waals surface area contributed by atoms with Gasteiger partial charge in [0.05, 0.1) is 6.10 Å². The van der Waals surface area contributed by atoms with Gasteiger partial charge in [0, 0.05) is 18.8 Å². The molecule has 0 spiro atoms. The minimum absolute atomic E-state index is 0.245. The van der Waals surface area contributed by atoms with Crippen molar-refractivity contribution >= 4 is 17.7 Å². The summed E-state index contributed by atoms with van der Waals surface area (Å²) in [6.45, 7) is 6.67. The third-order valence-electron chi connectivity index (χ3n) is 3.96. The number of ether oxygens (including phenoxy) is 1. The van der Waals surface area contributed by atoms with Gasteiger partial charge >= 0.3 is 12.1 Å². The van der Waals surface area contributed by atoms with Gasteiger partial charge in [0.2, 0.25) is 0 Å². The minimum Gasteiger partial charge on any atom is -0.479 e. The van der Waals surface area contributed by atoms with Gasteiger partial charge in [-0.3, -0.25) is 0 Å². The third kappa shape index (κ3) is 5.63. The molecule has 1 heterocycles. The van der Waals surface area contributed by atoms with E-state index in [0.29, 0.717) is 5.56 Å². The van der Waals surface area contributed by atoms with E-state index < -0.39 is 23.7 Å². The van der Waals surface area contributed by atoms with Crippen LogP contribution < -0.4 is 10.2 Å². The van der Waals surface area contributed by atoms with E-state index in [4.69, 9.17) is 4.74 Å². The zero-order valence-electron chi connectivity index (χ0n) is 14.9. The summed E-state index contributed by atoms with van der Waals surface area (Å²) in [6.07, 6.45) is 0.429. The van der Waals surface area contributed by atoms with Gasteiger partial charge in [0.25, 0.3) is 0 Å². The number of anilines is 1. The molecule has 7 nitrogen and oxygen atoms in total. The Morgan fingerprint density at radius 2 is 1.76 bits per heavy atom. The molecule has 0 aromatic heterocycles. The molecule has 0 bridgehead atoms. The second-order valence-corrected chi connectivity index (χ2v) is 7.23. The molecular weight excluding hydrogens is 324 g/mol. The van der Waals surface area contributed by atoms with Crippen LogP contribution in [-0.2, 0) is 9.53 Å². The Morgan fingerprint density at radius 1 is 1.20 bits per heavy atom. The molecule has 1 saturated heterocycles. The van der Waals surface area contributed by atoms with Crippen molar-refractivity contribution in [3.63, 3.8) is 0 Å². The SMILES string of the molecule is CC(C)(C)OC(=O)NC(C(=O)O)c1ccc(N2CCC(O)CC2)cc1. The maximum atomic E-state index is 11.9. The van der Waals surface area contributed by atoms with Crippen LogP contribution in [0, 0.1) is 0 Å². The summed E-state index contributed by atoms with van der Waals surface area (Å²) in [4.78, 5) is 25.5. The van der Waals surface area contributed by atoms with Crippen LogP contribution in [0.2, 0.25) is 0 Å². The van der Waals surface area contributed by atoms with Crippen LogP contribution in [0.4, 0.5) is 10.5 Å². The van der Waals surface area contributed by atoms with Crippen molar-refractivity contribution in [3.05, 3.63) is 29.8 Å². The first-order valence-corrected chi connectivity index (χ1v) is 8.41. The normalized spacial score (nSPS) is 17.0. The van der Waals surface area contributed by atoms with Crippen molar-refractivity contribution in [2.45, 2.75) is 51.4 Å². The molecule has 0 saturated carbocycles. The van der Waals surface area contributed by atoms with Crippen molar-refractivity contribution in [3.8, 4) is 0 Å². The first-order chi connectivity index (χ1) is 11.7. The molecule has 1 aromatic carbocycles. The first-order valence-electron chi connectivity index (χ1n) is 8.41. The van der Waals surface area contributed by atoms with Gasteiger partial charge in [-0.15, -0.1) is 0 Å². The Balaban J connectivity index is 2.06. The van der Waals surface area contributed by atoms with E-state index in [1.807, 2.05) is 12.1 Å². The molecule has 1 amide bonds. The van der Waals surface area contributed by atoms with Crippen molar-refractivity contribution in [1.82, 2.24) is 5.32 Å². The molecule has 1 aromatic rings. The summed E-state index contributed by atoms with van der Waals surface area (Å²) >= 11 is 0. The molecule has 1 atom stereocenters. The number of hydrogen-bond donors (Lipinski definition) is 3. The Bertz CT molecular complexity index is 601. The van der Waals surface area contributed by atoms with Gasteiger partial charge in [-0.1, -0.05) is 12.1 Å². The number of carboxylic acids is 1. The Morgan fingerprint density at radius 3 is 2.24 bits per heavy atom. The Labute approximate surface area is 147 Å². The standard InChI is InChI=1S/C18H26N2O5/c1-18(2,3)25-17(24)19-15(16(22)23)12-4-6-13(7-5-12)20-10-8-14(21)9-11-20/h4-7,14-15,21H,8-11H2,1-3H3,(H,19,24)(H,22,23). The number of aliphatic hydroxyl groups excluding tert-OH is 1. The lowest BCUT2D eigenvalue weighted by molar-refractivity contribution is -0.139. The fraction of sp³-hybridized carbons (Fsp3) is 0.556. The van der Waals surface area contributed by atoms with Gasteiger partial charge < -0.3 is 25.2 Å². The van der Waals surface area contributed by atoms with Crippen LogP contribution in [0.5, 0.6) is 0 Å². The van der Waals surface area contributed by atoms with E-state index in [1.165, 1.54) is 0 Å². The van der Waals surface area contributed by atoms with Crippen LogP contribution in [0.3, 0.4) is 0 Å². The van der Waals surface area contributed by atoms with Crippen LogP contribution in [0.15, 0.2) is 24.3 Å². The highest BCUT2D eigenvalue weighted by Gasteiger charge is 2.26. The van der Waals surface area contributed by atoms with Gasteiger partial charge in [-0.05, 0) is 51.3 Å². The predicted octanol–water partition coefficient (Wildman–Crippen LogP) is 2.30. The lowest BCUT2D eigenvalue weighted by Crippen LogP contribution is -2.38. The fourth-order valence-electron chi connectivity index (χ4n) is 2.71. The lowest BCUT2D eigenvalue weighted by atomic mass is 10.0. The van der Waals surface area contributed by atoms with Crippen molar-refractivity contribution in [1.29, 1.82) is 0 Å². The molecule has 2 rings (SSSR count). The highest BCUT2D eigenvalue weighted by Crippen LogP contribution is 2.23. The average molecular weight is 350 g/mol. The van der Waals surface area contributed by atoms with E-state index in [0.717, 1.165) is 31.6 Å². The lowest BCUT2D eigenvalue weighted by Gasteiger charge is -2.31. The zero-order valence-corrected chi connectivity index (χ0v) is 14.9. The van der Waals surface area contributed by atoms with Gasteiger partial charge in [-0.25, -0.2) is 9.59 Å². The number of aliphatic carboxylic acids is 1. The second-order valence-electron chi connectivity index (χ2n) is 7.23. The number of carbonyl (C=O) groups excluding carboxylic acids is 1. The summed E-state index contributed by atoms with van der Waals surface area (Å²) < 4.78 is 5.12. The molecule has 7 heteroatoms.